The number of nitrogens with zero attached hydrogens (tertiary/aromatic N) is 1. The quantitative estimate of drug-likeness (QED) is 0.866. The molecule has 2 nitrogen and oxygen atoms in total. The average Bonchev–Trinajstić information content (AvgIpc) is 2.89. The molecule has 0 radical (unpaired) electrons. The first-order valence-corrected chi connectivity index (χ1v) is 7.37. The molecule has 1 aromatic rings. The van der Waals surface area contributed by atoms with E-state index in [-0.39, 0.29) is 0 Å². The number of rotatable bonds is 5. The highest BCUT2D eigenvalue weighted by molar-refractivity contribution is 7.11. The van der Waals surface area contributed by atoms with Gasteiger partial charge in [0.05, 0.1) is 0 Å². The highest BCUT2D eigenvalue weighted by Gasteiger charge is 2.35. The van der Waals surface area contributed by atoms with Gasteiger partial charge in [0.1, 0.15) is 0 Å². The molecule has 0 saturated heterocycles. The van der Waals surface area contributed by atoms with E-state index in [1.807, 2.05) is 11.3 Å². The van der Waals surface area contributed by atoms with Gasteiger partial charge in [-0.25, -0.2) is 0 Å². The zero-order valence-electron chi connectivity index (χ0n) is 11.3. The predicted octanol–water partition coefficient (Wildman–Crippen LogP) is 3.02. The maximum Gasteiger partial charge on any atom is 0.0328 e. The first-order chi connectivity index (χ1) is 8.12. The molecule has 1 N–H and O–H groups in total. The normalized spacial score (nSPS) is 19.1. The summed E-state index contributed by atoms with van der Waals surface area (Å²) in [6, 6.07) is 4.45. The molecule has 3 heteroatoms. The van der Waals surface area contributed by atoms with Crippen LogP contribution in [0.3, 0.4) is 0 Å². The molecular weight excluding hydrogens is 228 g/mol. The molecular formula is C14H24N2S. The minimum atomic E-state index is 0.409. The van der Waals surface area contributed by atoms with Crippen molar-refractivity contribution in [3.63, 3.8) is 0 Å². The molecule has 1 saturated carbocycles. The fourth-order valence-corrected chi connectivity index (χ4v) is 3.67. The second kappa shape index (κ2) is 5.51. The minimum absolute atomic E-state index is 0.409. The largest absolute Gasteiger partial charge is 0.310 e. The SMILES string of the molecule is Cc1ccc(CNCC2(N(C)C)CCCC2)s1. The molecule has 1 aliphatic carbocycles. The topological polar surface area (TPSA) is 15.3 Å². The van der Waals surface area contributed by atoms with Crippen LogP contribution in [0, 0.1) is 6.92 Å². The monoisotopic (exact) mass is 252 g/mol. The molecule has 0 bridgehead atoms. The number of hydrogen-bond acceptors (Lipinski definition) is 3. The Labute approximate surface area is 109 Å². The highest BCUT2D eigenvalue weighted by Crippen LogP contribution is 2.33. The molecule has 2 rings (SSSR count). The van der Waals surface area contributed by atoms with E-state index in [0.29, 0.717) is 5.54 Å². The summed E-state index contributed by atoms with van der Waals surface area (Å²) in [5.74, 6) is 0. The molecule has 1 fully saturated rings. The Hall–Kier alpha value is -0.380. The van der Waals surface area contributed by atoms with E-state index in [1.165, 1.54) is 35.4 Å². The molecule has 0 amide bonds. The van der Waals surface area contributed by atoms with Gasteiger partial charge >= 0.3 is 0 Å². The third-order valence-electron chi connectivity index (χ3n) is 4.03. The Morgan fingerprint density at radius 3 is 2.53 bits per heavy atom. The summed E-state index contributed by atoms with van der Waals surface area (Å²) in [4.78, 5) is 5.28. The van der Waals surface area contributed by atoms with Crippen LogP contribution in [0.5, 0.6) is 0 Å². The number of likely N-dealkylation sites (N-methyl/N-ethyl adjacent to an activating group) is 1. The van der Waals surface area contributed by atoms with Crippen LogP contribution in [-0.4, -0.2) is 31.1 Å². The van der Waals surface area contributed by atoms with Crippen molar-refractivity contribution in [3.8, 4) is 0 Å². The van der Waals surface area contributed by atoms with Crippen molar-refractivity contribution < 1.29 is 0 Å². The van der Waals surface area contributed by atoms with Gasteiger partial charge in [0.25, 0.3) is 0 Å². The maximum atomic E-state index is 3.65. The van der Waals surface area contributed by atoms with Crippen LogP contribution < -0.4 is 5.32 Å². The Bertz CT molecular complexity index is 351. The van der Waals surface area contributed by atoms with Crippen LogP contribution in [0.2, 0.25) is 0 Å². The van der Waals surface area contributed by atoms with Crippen LogP contribution in [-0.2, 0) is 6.54 Å². The van der Waals surface area contributed by atoms with Gasteiger partial charge in [0.15, 0.2) is 0 Å². The van der Waals surface area contributed by atoms with Gasteiger partial charge in [0.2, 0.25) is 0 Å². The highest BCUT2D eigenvalue weighted by atomic mass is 32.1. The Kier molecular flexibility index (Phi) is 4.23. The van der Waals surface area contributed by atoms with Crippen molar-refractivity contribution in [1.29, 1.82) is 0 Å². The first-order valence-electron chi connectivity index (χ1n) is 6.56. The van der Waals surface area contributed by atoms with E-state index in [4.69, 9.17) is 0 Å². The van der Waals surface area contributed by atoms with Crippen LogP contribution in [0.25, 0.3) is 0 Å². The van der Waals surface area contributed by atoms with E-state index in [2.05, 4.69) is 43.4 Å². The van der Waals surface area contributed by atoms with Gasteiger partial charge in [-0.2, -0.15) is 0 Å². The fraction of sp³-hybridized carbons (Fsp3) is 0.714. The summed E-state index contributed by atoms with van der Waals surface area (Å²) in [5.41, 5.74) is 0.409. The molecule has 1 heterocycles. The molecule has 1 aliphatic rings. The third kappa shape index (κ3) is 3.09. The predicted molar refractivity (Wildman–Crippen MR) is 75.6 cm³/mol. The van der Waals surface area contributed by atoms with E-state index >= 15 is 0 Å². The van der Waals surface area contributed by atoms with Crippen molar-refractivity contribution in [2.75, 3.05) is 20.6 Å². The van der Waals surface area contributed by atoms with Gasteiger partial charge in [-0.1, -0.05) is 12.8 Å². The second-order valence-electron chi connectivity index (χ2n) is 5.44. The molecule has 0 atom stereocenters. The third-order valence-corrected chi connectivity index (χ3v) is 5.03. The fourth-order valence-electron chi connectivity index (χ4n) is 2.81. The van der Waals surface area contributed by atoms with E-state index in [0.717, 1.165) is 13.1 Å². The smallest absolute Gasteiger partial charge is 0.0328 e. The van der Waals surface area contributed by atoms with Crippen LogP contribution in [0.1, 0.15) is 35.4 Å². The van der Waals surface area contributed by atoms with Crippen LogP contribution in [0.15, 0.2) is 12.1 Å². The minimum Gasteiger partial charge on any atom is -0.310 e. The maximum absolute atomic E-state index is 3.65. The van der Waals surface area contributed by atoms with Crippen molar-refractivity contribution in [3.05, 3.63) is 21.9 Å². The second-order valence-corrected chi connectivity index (χ2v) is 6.81. The lowest BCUT2D eigenvalue weighted by atomic mass is 9.96. The van der Waals surface area contributed by atoms with Gasteiger partial charge in [-0.05, 0) is 46.0 Å². The van der Waals surface area contributed by atoms with Gasteiger partial charge < -0.3 is 10.2 Å². The van der Waals surface area contributed by atoms with Gasteiger partial charge in [-0.3, -0.25) is 0 Å². The summed E-state index contributed by atoms with van der Waals surface area (Å²) in [6.45, 7) is 4.32. The lowest BCUT2D eigenvalue weighted by Gasteiger charge is -2.36. The molecule has 0 aromatic carbocycles. The molecule has 0 aliphatic heterocycles. The van der Waals surface area contributed by atoms with Crippen molar-refractivity contribution >= 4 is 11.3 Å². The Balaban J connectivity index is 1.84. The summed E-state index contributed by atoms with van der Waals surface area (Å²) >= 11 is 1.90. The molecule has 0 spiro atoms. The van der Waals surface area contributed by atoms with Crippen molar-refractivity contribution in [2.45, 2.75) is 44.7 Å². The number of thiophene rings is 1. The van der Waals surface area contributed by atoms with E-state index in [1.54, 1.807) is 0 Å². The Morgan fingerprint density at radius 2 is 2.00 bits per heavy atom. The summed E-state index contributed by atoms with van der Waals surface area (Å²) in [6.07, 6.45) is 5.46. The van der Waals surface area contributed by atoms with E-state index < -0.39 is 0 Å². The zero-order chi connectivity index (χ0) is 12.3. The van der Waals surface area contributed by atoms with Crippen LogP contribution >= 0.6 is 11.3 Å². The molecule has 1 aromatic heterocycles. The van der Waals surface area contributed by atoms with Crippen LogP contribution in [0.4, 0.5) is 0 Å². The lowest BCUT2D eigenvalue weighted by molar-refractivity contribution is 0.154. The number of aryl methyl sites for hydroxylation is 1. The summed E-state index contributed by atoms with van der Waals surface area (Å²) in [5, 5.41) is 3.65. The van der Waals surface area contributed by atoms with Gasteiger partial charge in [-0.15, -0.1) is 11.3 Å². The molecule has 17 heavy (non-hydrogen) atoms. The number of hydrogen-bond donors (Lipinski definition) is 1. The van der Waals surface area contributed by atoms with Crippen molar-refractivity contribution in [1.82, 2.24) is 10.2 Å². The zero-order valence-corrected chi connectivity index (χ0v) is 12.1. The lowest BCUT2D eigenvalue weighted by Crippen LogP contribution is -2.49. The summed E-state index contributed by atoms with van der Waals surface area (Å²) in [7, 11) is 4.45. The average molecular weight is 252 g/mol. The standard InChI is InChI=1S/C14H24N2S/c1-12-6-7-13(17-12)10-15-11-14(16(2)3)8-4-5-9-14/h6-7,15H,4-5,8-11H2,1-3H3. The Morgan fingerprint density at radius 1 is 1.29 bits per heavy atom. The summed E-state index contributed by atoms with van der Waals surface area (Å²) < 4.78 is 0. The van der Waals surface area contributed by atoms with E-state index in [9.17, 15) is 0 Å². The van der Waals surface area contributed by atoms with Gasteiger partial charge in [0, 0.05) is 28.4 Å². The molecule has 96 valence electrons. The molecule has 0 unspecified atom stereocenters. The first kappa shape index (κ1) is 13.1. The van der Waals surface area contributed by atoms with Crippen molar-refractivity contribution in [2.24, 2.45) is 0 Å². The number of nitrogens with one attached hydrogen (secondary N) is 1.